The Hall–Kier alpha value is -2.89. The lowest BCUT2D eigenvalue weighted by molar-refractivity contribution is -0.118. The molecule has 0 bridgehead atoms. The first kappa shape index (κ1) is 17.5. The molecule has 24 heavy (non-hydrogen) atoms. The van der Waals surface area contributed by atoms with E-state index in [9.17, 15) is 14.4 Å². The molecule has 126 valence electrons. The van der Waals surface area contributed by atoms with E-state index >= 15 is 0 Å². The van der Waals surface area contributed by atoms with Crippen LogP contribution in [0.3, 0.4) is 0 Å². The summed E-state index contributed by atoms with van der Waals surface area (Å²) in [4.78, 5) is 36.0. The summed E-state index contributed by atoms with van der Waals surface area (Å²) in [6.45, 7) is 5.12. The van der Waals surface area contributed by atoms with Crippen LogP contribution in [0.4, 0.5) is 5.69 Å². The topological polar surface area (TPSA) is 88.4 Å². The van der Waals surface area contributed by atoms with Gasteiger partial charge in [0.25, 0.3) is 5.91 Å². The third-order valence-electron chi connectivity index (χ3n) is 3.52. The predicted molar refractivity (Wildman–Crippen MR) is 89.9 cm³/mol. The first-order valence-corrected chi connectivity index (χ1v) is 7.64. The standard InChI is InChI=1S/C18H20N2O4/c1-11(2)16(20-17(22)15-8-5-9-24-15)18(23)19-14-7-4-6-13(10-14)12(3)21/h4-11,16H,1-3H3,(H,19,23)(H,20,22)/t16-/m0/s1. The van der Waals surface area contributed by atoms with Gasteiger partial charge in [0.05, 0.1) is 6.26 Å². The molecule has 1 heterocycles. The molecular formula is C18H20N2O4. The molecule has 1 aromatic carbocycles. The molecule has 0 saturated heterocycles. The summed E-state index contributed by atoms with van der Waals surface area (Å²) >= 11 is 0. The smallest absolute Gasteiger partial charge is 0.287 e. The van der Waals surface area contributed by atoms with E-state index in [2.05, 4.69) is 10.6 Å². The van der Waals surface area contributed by atoms with Gasteiger partial charge in [-0.3, -0.25) is 14.4 Å². The number of ketones is 1. The van der Waals surface area contributed by atoms with Gasteiger partial charge in [-0.2, -0.15) is 0 Å². The normalized spacial score (nSPS) is 11.8. The molecule has 1 aromatic heterocycles. The van der Waals surface area contributed by atoms with E-state index in [-0.39, 0.29) is 23.4 Å². The Morgan fingerprint density at radius 1 is 1.08 bits per heavy atom. The van der Waals surface area contributed by atoms with Crippen molar-refractivity contribution in [3.8, 4) is 0 Å². The Morgan fingerprint density at radius 3 is 2.42 bits per heavy atom. The Kier molecular flexibility index (Phi) is 5.52. The Balaban J connectivity index is 2.10. The Morgan fingerprint density at radius 2 is 1.83 bits per heavy atom. The molecule has 0 aliphatic heterocycles. The van der Waals surface area contributed by atoms with Gasteiger partial charge in [-0.25, -0.2) is 0 Å². The summed E-state index contributed by atoms with van der Waals surface area (Å²) in [5, 5.41) is 5.40. The molecule has 0 saturated carbocycles. The number of benzene rings is 1. The molecule has 0 aliphatic carbocycles. The van der Waals surface area contributed by atoms with Gasteiger partial charge in [0.2, 0.25) is 5.91 Å². The number of nitrogens with one attached hydrogen (secondary N) is 2. The van der Waals surface area contributed by atoms with E-state index in [1.165, 1.54) is 19.3 Å². The quantitative estimate of drug-likeness (QED) is 0.798. The molecule has 0 fully saturated rings. The molecule has 2 rings (SSSR count). The number of rotatable bonds is 6. The zero-order valence-corrected chi connectivity index (χ0v) is 13.8. The van der Waals surface area contributed by atoms with Crippen molar-refractivity contribution in [1.82, 2.24) is 5.32 Å². The van der Waals surface area contributed by atoms with Crippen molar-refractivity contribution in [3.63, 3.8) is 0 Å². The van der Waals surface area contributed by atoms with E-state index in [0.29, 0.717) is 11.3 Å². The number of anilines is 1. The number of carbonyl (C=O) groups is 3. The second-order valence-corrected chi connectivity index (χ2v) is 5.80. The molecule has 2 aromatic rings. The second-order valence-electron chi connectivity index (χ2n) is 5.80. The van der Waals surface area contributed by atoms with E-state index in [0.717, 1.165) is 0 Å². The fourth-order valence-electron chi connectivity index (χ4n) is 2.19. The first-order valence-electron chi connectivity index (χ1n) is 7.64. The molecule has 0 radical (unpaired) electrons. The van der Waals surface area contributed by atoms with Crippen LogP contribution in [0, 0.1) is 5.92 Å². The van der Waals surface area contributed by atoms with Crippen molar-refractivity contribution >= 4 is 23.3 Å². The van der Waals surface area contributed by atoms with Gasteiger partial charge in [-0.05, 0) is 37.1 Å². The highest BCUT2D eigenvalue weighted by molar-refractivity contribution is 6.01. The minimum absolute atomic E-state index is 0.0855. The van der Waals surface area contributed by atoms with Crippen LogP contribution in [0.15, 0.2) is 47.1 Å². The van der Waals surface area contributed by atoms with Gasteiger partial charge in [-0.15, -0.1) is 0 Å². The molecule has 0 spiro atoms. The molecule has 2 amide bonds. The van der Waals surface area contributed by atoms with E-state index < -0.39 is 11.9 Å². The van der Waals surface area contributed by atoms with Crippen LogP contribution in [-0.2, 0) is 4.79 Å². The van der Waals surface area contributed by atoms with Gasteiger partial charge >= 0.3 is 0 Å². The van der Waals surface area contributed by atoms with Crippen molar-refractivity contribution in [1.29, 1.82) is 0 Å². The highest BCUT2D eigenvalue weighted by Crippen LogP contribution is 2.13. The minimum atomic E-state index is -0.733. The molecule has 6 nitrogen and oxygen atoms in total. The number of carbonyl (C=O) groups excluding carboxylic acids is 3. The zero-order valence-electron chi connectivity index (χ0n) is 13.8. The summed E-state index contributed by atoms with van der Waals surface area (Å²) in [6, 6.07) is 9.06. The predicted octanol–water partition coefficient (Wildman–Crippen LogP) is 2.88. The molecule has 2 N–H and O–H groups in total. The zero-order chi connectivity index (χ0) is 17.7. The van der Waals surface area contributed by atoms with Crippen molar-refractivity contribution in [2.45, 2.75) is 26.8 Å². The summed E-state index contributed by atoms with van der Waals surface area (Å²) in [7, 11) is 0. The number of furan rings is 1. The van der Waals surface area contributed by atoms with Crippen molar-refractivity contribution < 1.29 is 18.8 Å². The maximum absolute atomic E-state index is 12.5. The Bertz CT molecular complexity index is 735. The van der Waals surface area contributed by atoms with Crippen LogP contribution in [0.1, 0.15) is 41.7 Å². The number of Topliss-reactive ketones (excluding diaryl/α,β-unsaturated/α-hetero) is 1. The SMILES string of the molecule is CC(=O)c1cccc(NC(=O)[C@@H](NC(=O)c2ccco2)C(C)C)c1. The van der Waals surface area contributed by atoms with Crippen molar-refractivity contribution in [2.75, 3.05) is 5.32 Å². The average Bonchev–Trinajstić information content (AvgIpc) is 3.06. The van der Waals surface area contributed by atoms with Crippen LogP contribution in [0.25, 0.3) is 0 Å². The third-order valence-corrected chi connectivity index (χ3v) is 3.52. The second kappa shape index (κ2) is 7.59. The summed E-state index contributed by atoms with van der Waals surface area (Å²) in [6.07, 6.45) is 1.40. The van der Waals surface area contributed by atoms with Gasteiger partial charge in [-0.1, -0.05) is 26.0 Å². The highest BCUT2D eigenvalue weighted by Gasteiger charge is 2.25. The lowest BCUT2D eigenvalue weighted by Crippen LogP contribution is -2.47. The van der Waals surface area contributed by atoms with Crippen molar-refractivity contribution in [3.05, 3.63) is 54.0 Å². The fraction of sp³-hybridized carbons (Fsp3) is 0.278. The van der Waals surface area contributed by atoms with E-state index in [1.54, 1.807) is 30.3 Å². The number of hydrogen-bond donors (Lipinski definition) is 2. The largest absolute Gasteiger partial charge is 0.459 e. The fourth-order valence-corrected chi connectivity index (χ4v) is 2.19. The Labute approximate surface area is 140 Å². The lowest BCUT2D eigenvalue weighted by Gasteiger charge is -2.21. The van der Waals surface area contributed by atoms with Crippen LogP contribution in [-0.4, -0.2) is 23.6 Å². The summed E-state index contributed by atoms with van der Waals surface area (Å²) < 4.78 is 5.03. The van der Waals surface area contributed by atoms with Gasteiger partial charge in [0, 0.05) is 11.3 Å². The van der Waals surface area contributed by atoms with Gasteiger partial charge < -0.3 is 15.1 Å². The monoisotopic (exact) mass is 328 g/mol. The van der Waals surface area contributed by atoms with Crippen LogP contribution in [0.2, 0.25) is 0 Å². The summed E-state index contributed by atoms with van der Waals surface area (Å²) in [5.74, 6) is -0.874. The van der Waals surface area contributed by atoms with E-state index in [1.807, 2.05) is 13.8 Å². The minimum Gasteiger partial charge on any atom is -0.459 e. The van der Waals surface area contributed by atoms with Crippen molar-refractivity contribution in [2.24, 2.45) is 5.92 Å². The third kappa shape index (κ3) is 4.32. The highest BCUT2D eigenvalue weighted by atomic mass is 16.3. The first-order chi connectivity index (χ1) is 11.4. The van der Waals surface area contributed by atoms with E-state index in [4.69, 9.17) is 4.42 Å². The van der Waals surface area contributed by atoms with Gasteiger partial charge in [0.1, 0.15) is 6.04 Å². The molecular weight excluding hydrogens is 308 g/mol. The molecule has 1 atom stereocenters. The molecule has 0 unspecified atom stereocenters. The number of amides is 2. The van der Waals surface area contributed by atoms with Gasteiger partial charge in [0.15, 0.2) is 11.5 Å². The van der Waals surface area contributed by atoms with Crippen LogP contribution in [0.5, 0.6) is 0 Å². The summed E-state index contributed by atoms with van der Waals surface area (Å²) in [5.41, 5.74) is 1.01. The average molecular weight is 328 g/mol. The molecule has 6 heteroatoms. The maximum atomic E-state index is 12.5. The van der Waals surface area contributed by atoms with Crippen LogP contribution >= 0.6 is 0 Å². The lowest BCUT2D eigenvalue weighted by atomic mass is 10.0. The molecule has 0 aliphatic rings. The van der Waals surface area contributed by atoms with Crippen LogP contribution < -0.4 is 10.6 Å². The maximum Gasteiger partial charge on any atom is 0.287 e. The number of hydrogen-bond acceptors (Lipinski definition) is 4.